The van der Waals surface area contributed by atoms with Crippen LogP contribution in [0, 0.1) is 6.57 Å². The van der Waals surface area contributed by atoms with Gasteiger partial charge in [-0.15, -0.1) is 0 Å². The van der Waals surface area contributed by atoms with Crippen molar-refractivity contribution in [3.63, 3.8) is 0 Å². The van der Waals surface area contributed by atoms with Crippen molar-refractivity contribution in [2.45, 2.75) is 45.5 Å². The molecule has 2 heterocycles. The maximum atomic E-state index is 13.5. The number of halogens is 3. The van der Waals surface area contributed by atoms with Crippen molar-refractivity contribution in [3.8, 4) is 11.6 Å². The number of benzene rings is 1. The Hall–Kier alpha value is -3.35. The van der Waals surface area contributed by atoms with Crippen LogP contribution < -0.4 is 4.74 Å². The molecule has 30 heavy (non-hydrogen) atoms. The van der Waals surface area contributed by atoms with E-state index < -0.39 is 34.9 Å². The van der Waals surface area contributed by atoms with Crippen molar-refractivity contribution in [2.75, 3.05) is 6.54 Å². The first-order valence-corrected chi connectivity index (χ1v) is 9.06. The highest BCUT2D eigenvalue weighted by atomic mass is 19.4. The van der Waals surface area contributed by atoms with Crippen molar-refractivity contribution >= 4 is 11.8 Å². The molecule has 3 rings (SSSR count). The molecule has 0 bridgehead atoms. The van der Waals surface area contributed by atoms with Gasteiger partial charge in [-0.25, -0.2) is 19.6 Å². The van der Waals surface area contributed by atoms with Gasteiger partial charge in [0.1, 0.15) is 23.2 Å². The average molecular weight is 420 g/mol. The van der Waals surface area contributed by atoms with E-state index in [-0.39, 0.29) is 25.4 Å². The molecule has 0 aliphatic carbocycles. The first kappa shape index (κ1) is 21.4. The predicted molar refractivity (Wildman–Crippen MR) is 100 cm³/mol. The van der Waals surface area contributed by atoms with Crippen molar-refractivity contribution in [2.24, 2.45) is 0 Å². The molecule has 1 aromatic carbocycles. The quantitative estimate of drug-likeness (QED) is 0.630. The highest BCUT2D eigenvalue weighted by molar-refractivity contribution is 5.68. The topological polar surface area (TPSA) is 68.9 Å². The predicted octanol–water partition coefficient (Wildman–Crippen LogP) is 5.13. The maximum Gasteiger partial charge on any atom is 0.410 e. The second-order valence-electron chi connectivity index (χ2n) is 7.62. The summed E-state index contributed by atoms with van der Waals surface area (Å²) < 4.78 is 51.4. The molecule has 7 nitrogen and oxygen atoms in total. The van der Waals surface area contributed by atoms with Crippen LogP contribution in [0.2, 0.25) is 0 Å². The molecule has 2 aromatic rings. The molecule has 1 amide bonds. The van der Waals surface area contributed by atoms with Crippen LogP contribution in [0.25, 0.3) is 4.85 Å². The summed E-state index contributed by atoms with van der Waals surface area (Å²) in [6.07, 6.45) is -3.82. The van der Waals surface area contributed by atoms with E-state index in [0.29, 0.717) is 11.3 Å². The van der Waals surface area contributed by atoms with Gasteiger partial charge >= 0.3 is 12.3 Å². The number of ether oxygens (including phenoxy) is 2. The van der Waals surface area contributed by atoms with Gasteiger partial charge in [0, 0.05) is 12.1 Å². The highest BCUT2D eigenvalue weighted by Gasteiger charge is 2.38. The van der Waals surface area contributed by atoms with Crippen LogP contribution in [0.4, 0.5) is 23.7 Å². The van der Waals surface area contributed by atoms with Crippen LogP contribution in [0.5, 0.6) is 11.6 Å². The summed E-state index contributed by atoms with van der Waals surface area (Å²) >= 11 is 0. The van der Waals surface area contributed by atoms with E-state index in [0.717, 1.165) is 12.1 Å². The van der Waals surface area contributed by atoms with Crippen LogP contribution in [-0.2, 0) is 23.9 Å². The average Bonchev–Trinajstić information content (AvgIpc) is 2.65. The Bertz CT molecular complexity index is 1010. The molecule has 10 heteroatoms. The second-order valence-corrected chi connectivity index (χ2v) is 7.62. The molecule has 1 aliphatic rings. The fourth-order valence-electron chi connectivity index (χ4n) is 2.98. The molecular weight excluding hydrogens is 401 g/mol. The lowest BCUT2D eigenvalue weighted by Gasteiger charge is -2.31. The van der Waals surface area contributed by atoms with Crippen molar-refractivity contribution in [3.05, 3.63) is 52.8 Å². The maximum absolute atomic E-state index is 13.5. The van der Waals surface area contributed by atoms with Gasteiger partial charge in [-0.05, 0) is 33.3 Å². The SMILES string of the molecule is [C-]#[N+]c1cccc(Oc2ncnc3c2CCN(C(=O)OC(C)(C)C)C3)c1C(F)(F)F. The normalized spacial score (nSPS) is 14.0. The minimum Gasteiger partial charge on any atom is -0.444 e. The Morgan fingerprint density at radius 3 is 2.60 bits per heavy atom. The van der Waals surface area contributed by atoms with Crippen molar-refractivity contribution in [1.29, 1.82) is 0 Å². The number of amides is 1. The number of carbonyl (C=O) groups is 1. The molecular formula is C20H19F3N4O3. The zero-order valence-corrected chi connectivity index (χ0v) is 16.6. The fourth-order valence-corrected chi connectivity index (χ4v) is 2.98. The van der Waals surface area contributed by atoms with Gasteiger partial charge in [-0.3, -0.25) is 0 Å². The van der Waals surface area contributed by atoms with Crippen LogP contribution in [-0.4, -0.2) is 33.1 Å². The third kappa shape index (κ3) is 4.62. The molecule has 0 N–H and O–H groups in total. The third-order valence-corrected chi connectivity index (χ3v) is 4.23. The van der Waals surface area contributed by atoms with Crippen LogP contribution >= 0.6 is 0 Å². The van der Waals surface area contributed by atoms with Crippen LogP contribution in [0.15, 0.2) is 24.5 Å². The van der Waals surface area contributed by atoms with E-state index in [1.807, 2.05) is 0 Å². The van der Waals surface area contributed by atoms with E-state index in [1.165, 1.54) is 17.3 Å². The Morgan fingerprint density at radius 1 is 1.23 bits per heavy atom. The smallest absolute Gasteiger partial charge is 0.410 e. The minimum absolute atomic E-state index is 0.0310. The van der Waals surface area contributed by atoms with Gasteiger partial charge in [-0.2, -0.15) is 13.2 Å². The number of aromatic nitrogens is 2. The summed E-state index contributed by atoms with van der Waals surface area (Å²) in [5.41, 5.74) is -1.39. The summed E-state index contributed by atoms with van der Waals surface area (Å²) in [7, 11) is 0. The lowest BCUT2D eigenvalue weighted by molar-refractivity contribution is -0.137. The van der Waals surface area contributed by atoms with Gasteiger partial charge in [0.2, 0.25) is 11.6 Å². The molecule has 0 spiro atoms. The number of fused-ring (bicyclic) bond motifs is 1. The fraction of sp³-hybridized carbons (Fsp3) is 0.400. The number of rotatable bonds is 2. The molecule has 0 radical (unpaired) electrons. The monoisotopic (exact) mass is 420 g/mol. The Morgan fingerprint density at radius 2 is 1.97 bits per heavy atom. The van der Waals surface area contributed by atoms with E-state index >= 15 is 0 Å². The minimum atomic E-state index is -4.77. The summed E-state index contributed by atoms with van der Waals surface area (Å²) in [6.45, 7) is 12.7. The zero-order valence-electron chi connectivity index (χ0n) is 16.6. The summed E-state index contributed by atoms with van der Waals surface area (Å²) in [4.78, 5) is 24.8. The largest absolute Gasteiger partial charge is 0.444 e. The van der Waals surface area contributed by atoms with E-state index in [4.69, 9.17) is 16.0 Å². The number of nitrogens with zero attached hydrogens (tertiary/aromatic N) is 4. The molecule has 0 fully saturated rings. The molecule has 0 saturated carbocycles. The molecule has 1 aromatic heterocycles. The highest BCUT2D eigenvalue weighted by Crippen LogP contribution is 2.44. The standard InChI is InChI=1S/C20H19F3N4O3/c1-19(2,3)30-18(28)27-9-8-12-14(10-27)25-11-26-17(12)29-15-7-5-6-13(24-4)16(15)20(21,22)23/h5-7,11H,8-10H2,1-3H3. The van der Waals surface area contributed by atoms with Crippen LogP contribution in [0.1, 0.15) is 37.6 Å². The van der Waals surface area contributed by atoms with Gasteiger partial charge in [0.25, 0.3) is 0 Å². The number of alkyl halides is 3. The molecule has 0 atom stereocenters. The molecule has 1 aliphatic heterocycles. The van der Waals surface area contributed by atoms with Gasteiger partial charge < -0.3 is 14.4 Å². The van der Waals surface area contributed by atoms with E-state index in [1.54, 1.807) is 20.8 Å². The zero-order chi connectivity index (χ0) is 22.1. The first-order chi connectivity index (χ1) is 14.0. The molecule has 158 valence electrons. The van der Waals surface area contributed by atoms with E-state index in [9.17, 15) is 18.0 Å². The Kier molecular flexibility index (Phi) is 5.57. The van der Waals surface area contributed by atoms with Gasteiger partial charge in [0.05, 0.1) is 18.8 Å². The summed E-state index contributed by atoms with van der Waals surface area (Å²) in [5.74, 6) is -0.539. The first-order valence-electron chi connectivity index (χ1n) is 9.06. The second kappa shape index (κ2) is 7.82. The molecule has 0 unspecified atom stereocenters. The van der Waals surface area contributed by atoms with Crippen LogP contribution in [0.3, 0.4) is 0 Å². The lowest BCUT2D eigenvalue weighted by Crippen LogP contribution is -2.40. The Balaban J connectivity index is 1.90. The number of hydrogen-bond donors (Lipinski definition) is 0. The van der Waals surface area contributed by atoms with Gasteiger partial charge in [0.15, 0.2) is 0 Å². The van der Waals surface area contributed by atoms with Gasteiger partial charge in [-0.1, -0.05) is 12.1 Å². The van der Waals surface area contributed by atoms with Crippen molar-refractivity contribution in [1.82, 2.24) is 14.9 Å². The van der Waals surface area contributed by atoms with Crippen molar-refractivity contribution < 1.29 is 27.4 Å². The third-order valence-electron chi connectivity index (χ3n) is 4.23. The summed E-state index contributed by atoms with van der Waals surface area (Å²) in [5, 5.41) is 0. The lowest BCUT2D eigenvalue weighted by atomic mass is 10.1. The number of carbonyl (C=O) groups excluding carboxylic acids is 1. The molecule has 0 saturated heterocycles. The summed E-state index contributed by atoms with van der Waals surface area (Å²) in [6, 6.07) is 3.54. The van der Waals surface area contributed by atoms with E-state index in [2.05, 4.69) is 14.8 Å². The Labute approximate surface area is 171 Å². The number of hydrogen-bond acceptors (Lipinski definition) is 5.